The van der Waals surface area contributed by atoms with E-state index in [2.05, 4.69) is 9.72 Å². The predicted octanol–water partition coefficient (Wildman–Crippen LogP) is 4.74. The normalized spacial score (nSPS) is 10.8. The summed E-state index contributed by atoms with van der Waals surface area (Å²) in [5, 5.41) is 9.28. The highest BCUT2D eigenvalue weighted by atomic mass is 19.1. The Morgan fingerprint density at radius 1 is 1.07 bits per heavy atom. The lowest BCUT2D eigenvalue weighted by Crippen LogP contribution is -2.06. The molecule has 2 aromatic heterocycles. The first-order valence-electron chi connectivity index (χ1n) is 8.69. The molecule has 0 amide bonds. The van der Waals surface area contributed by atoms with Crippen molar-refractivity contribution in [2.24, 2.45) is 0 Å². The number of nitrogens with zero attached hydrogens (tertiary/aromatic N) is 3. The smallest absolute Gasteiger partial charge is 0.341 e. The van der Waals surface area contributed by atoms with Crippen molar-refractivity contribution in [3.8, 4) is 28.5 Å². The number of ether oxygens (including phenoxy) is 1. The van der Waals surface area contributed by atoms with Crippen molar-refractivity contribution in [3.05, 3.63) is 83.4 Å². The summed E-state index contributed by atoms with van der Waals surface area (Å²) in [7, 11) is 1.13. The Balaban J connectivity index is 1.90. The van der Waals surface area contributed by atoms with Gasteiger partial charge in [-0.1, -0.05) is 18.2 Å². The highest BCUT2D eigenvalue weighted by Gasteiger charge is 2.21. The number of carbonyl (C=O) groups excluding carboxylic acids is 1. The van der Waals surface area contributed by atoms with Gasteiger partial charge in [-0.2, -0.15) is 5.26 Å². The van der Waals surface area contributed by atoms with Crippen LogP contribution in [0.25, 0.3) is 28.0 Å². The van der Waals surface area contributed by atoms with Crippen LogP contribution in [0.2, 0.25) is 0 Å². The molecule has 5 nitrogen and oxygen atoms in total. The average molecular weight is 407 g/mol. The summed E-state index contributed by atoms with van der Waals surface area (Å²) in [6, 6.07) is 11.1. The first kappa shape index (κ1) is 19.2. The van der Waals surface area contributed by atoms with E-state index in [0.717, 1.165) is 19.2 Å². The van der Waals surface area contributed by atoms with Gasteiger partial charge in [0.2, 0.25) is 0 Å². The van der Waals surface area contributed by atoms with Crippen LogP contribution in [0, 0.1) is 28.8 Å². The number of hydrogen-bond acceptors (Lipinski definition) is 4. The molecule has 0 N–H and O–H groups in total. The maximum atomic E-state index is 15.4. The van der Waals surface area contributed by atoms with Crippen LogP contribution < -0.4 is 0 Å². The number of nitriles is 1. The summed E-state index contributed by atoms with van der Waals surface area (Å²) in [4.78, 5) is 15.7. The molecule has 0 fully saturated rings. The minimum atomic E-state index is -0.891. The topological polar surface area (TPSA) is 67.4 Å². The Morgan fingerprint density at radius 3 is 2.57 bits per heavy atom. The van der Waals surface area contributed by atoms with Gasteiger partial charge >= 0.3 is 5.97 Å². The SMILES string of the molecule is COC(=O)c1ccn2c(-c3cccc(-c4ccc(F)cc4C#N)c3F)cnc2c1F. The van der Waals surface area contributed by atoms with Gasteiger partial charge in [0.1, 0.15) is 17.2 Å². The number of benzene rings is 2. The molecule has 0 saturated heterocycles. The molecule has 2 aromatic carbocycles. The van der Waals surface area contributed by atoms with Gasteiger partial charge < -0.3 is 4.74 Å². The summed E-state index contributed by atoms with van der Waals surface area (Å²) in [6.45, 7) is 0. The molecule has 0 unspecified atom stereocenters. The van der Waals surface area contributed by atoms with Crippen molar-refractivity contribution in [1.29, 1.82) is 5.26 Å². The van der Waals surface area contributed by atoms with E-state index in [0.29, 0.717) is 0 Å². The van der Waals surface area contributed by atoms with Crippen molar-refractivity contribution in [3.63, 3.8) is 0 Å². The van der Waals surface area contributed by atoms with Crippen molar-refractivity contribution in [1.82, 2.24) is 9.38 Å². The number of pyridine rings is 1. The van der Waals surface area contributed by atoms with Crippen LogP contribution in [0.4, 0.5) is 13.2 Å². The number of hydrogen-bond donors (Lipinski definition) is 0. The quantitative estimate of drug-likeness (QED) is 0.460. The van der Waals surface area contributed by atoms with Gasteiger partial charge in [-0.25, -0.2) is 22.9 Å². The molecule has 0 spiro atoms. The lowest BCUT2D eigenvalue weighted by atomic mass is 9.97. The highest BCUT2D eigenvalue weighted by Crippen LogP contribution is 2.33. The zero-order chi connectivity index (χ0) is 21.4. The molecule has 0 aliphatic carbocycles. The molecule has 4 rings (SSSR count). The number of halogens is 3. The Kier molecular flexibility index (Phi) is 4.72. The highest BCUT2D eigenvalue weighted by molar-refractivity contribution is 5.91. The van der Waals surface area contributed by atoms with Crippen molar-refractivity contribution < 1.29 is 22.7 Å². The van der Waals surface area contributed by atoms with E-state index in [1.807, 2.05) is 6.07 Å². The average Bonchev–Trinajstić information content (AvgIpc) is 3.18. The van der Waals surface area contributed by atoms with Gasteiger partial charge in [0, 0.05) is 22.9 Å². The molecule has 0 saturated carbocycles. The Morgan fingerprint density at radius 2 is 1.83 bits per heavy atom. The van der Waals surface area contributed by atoms with Crippen LogP contribution in [0.1, 0.15) is 15.9 Å². The predicted molar refractivity (Wildman–Crippen MR) is 102 cm³/mol. The van der Waals surface area contributed by atoms with E-state index in [9.17, 15) is 18.8 Å². The molecular formula is C22H12F3N3O2. The number of fused-ring (bicyclic) bond motifs is 1. The number of esters is 1. The van der Waals surface area contributed by atoms with Crippen LogP contribution in [0.5, 0.6) is 0 Å². The number of aromatic nitrogens is 2. The van der Waals surface area contributed by atoms with Crippen LogP contribution in [-0.4, -0.2) is 22.5 Å². The second-order valence-electron chi connectivity index (χ2n) is 6.34. The van der Waals surface area contributed by atoms with E-state index in [-0.39, 0.29) is 39.2 Å². The first-order valence-corrected chi connectivity index (χ1v) is 8.69. The maximum Gasteiger partial charge on any atom is 0.341 e. The minimum Gasteiger partial charge on any atom is -0.465 e. The summed E-state index contributed by atoms with van der Waals surface area (Å²) < 4.78 is 49.4. The third-order valence-electron chi connectivity index (χ3n) is 4.69. The van der Waals surface area contributed by atoms with Gasteiger partial charge in [0.25, 0.3) is 0 Å². The Hall–Kier alpha value is -4.12. The van der Waals surface area contributed by atoms with Gasteiger partial charge in [-0.05, 0) is 24.3 Å². The standard InChI is InChI=1S/C22H12F3N3O2/c1-30-22(29)17-7-8-28-18(11-27-21(28)20(17)25)16-4-2-3-15(19(16)24)14-6-5-13(23)9-12(14)10-26/h2-9,11H,1H3. The van der Waals surface area contributed by atoms with E-state index in [1.54, 1.807) is 6.07 Å². The van der Waals surface area contributed by atoms with Crippen LogP contribution in [0.15, 0.2) is 54.9 Å². The van der Waals surface area contributed by atoms with Gasteiger partial charge in [0.15, 0.2) is 11.5 Å². The van der Waals surface area contributed by atoms with E-state index >= 15 is 4.39 Å². The monoisotopic (exact) mass is 407 g/mol. The molecule has 2 heterocycles. The van der Waals surface area contributed by atoms with Crippen LogP contribution in [0.3, 0.4) is 0 Å². The molecular weight excluding hydrogens is 395 g/mol. The fourth-order valence-corrected chi connectivity index (χ4v) is 3.27. The molecule has 0 atom stereocenters. The van der Waals surface area contributed by atoms with E-state index in [4.69, 9.17) is 0 Å². The lowest BCUT2D eigenvalue weighted by molar-refractivity contribution is 0.0595. The molecule has 148 valence electrons. The molecule has 4 aromatic rings. The number of carbonyl (C=O) groups is 1. The van der Waals surface area contributed by atoms with Crippen molar-refractivity contribution >= 4 is 11.6 Å². The summed E-state index contributed by atoms with van der Waals surface area (Å²) in [6.07, 6.45) is 2.66. The summed E-state index contributed by atoms with van der Waals surface area (Å²) >= 11 is 0. The Bertz CT molecular complexity index is 1360. The lowest BCUT2D eigenvalue weighted by Gasteiger charge is -2.10. The molecule has 0 aliphatic rings. The van der Waals surface area contributed by atoms with Crippen molar-refractivity contribution in [2.75, 3.05) is 7.11 Å². The summed E-state index contributed by atoms with van der Waals surface area (Å²) in [5.41, 5.74) is 0.173. The zero-order valence-electron chi connectivity index (χ0n) is 15.5. The number of methoxy groups -OCH3 is 1. The summed E-state index contributed by atoms with van der Waals surface area (Å²) in [5.74, 6) is -3.03. The third-order valence-corrected chi connectivity index (χ3v) is 4.69. The van der Waals surface area contributed by atoms with Gasteiger partial charge in [-0.3, -0.25) is 4.40 Å². The largest absolute Gasteiger partial charge is 0.465 e. The Labute approximate surface area is 168 Å². The van der Waals surface area contributed by atoms with Crippen molar-refractivity contribution in [2.45, 2.75) is 0 Å². The van der Waals surface area contributed by atoms with E-state index < -0.39 is 23.4 Å². The van der Waals surface area contributed by atoms with Gasteiger partial charge in [0.05, 0.1) is 30.6 Å². The first-order chi connectivity index (χ1) is 14.5. The second kappa shape index (κ2) is 7.37. The maximum absolute atomic E-state index is 15.4. The minimum absolute atomic E-state index is 0.0158. The number of imidazole rings is 1. The van der Waals surface area contributed by atoms with E-state index in [1.165, 1.54) is 41.1 Å². The number of rotatable bonds is 3. The third kappa shape index (κ3) is 2.97. The van der Waals surface area contributed by atoms with Gasteiger partial charge in [-0.15, -0.1) is 0 Å². The fraction of sp³-hybridized carbons (Fsp3) is 0.0455. The fourth-order valence-electron chi connectivity index (χ4n) is 3.27. The molecule has 0 aliphatic heterocycles. The van der Waals surface area contributed by atoms with Crippen LogP contribution >= 0.6 is 0 Å². The second-order valence-corrected chi connectivity index (χ2v) is 6.34. The molecule has 8 heteroatoms. The molecule has 0 radical (unpaired) electrons. The molecule has 0 bridgehead atoms. The zero-order valence-corrected chi connectivity index (χ0v) is 15.5. The molecule has 30 heavy (non-hydrogen) atoms. The van der Waals surface area contributed by atoms with Crippen LogP contribution in [-0.2, 0) is 4.74 Å².